The zero-order chi connectivity index (χ0) is 17.9. The second-order valence-electron chi connectivity index (χ2n) is 5.10. The van der Waals surface area contributed by atoms with Crippen molar-refractivity contribution in [3.63, 3.8) is 0 Å². The van der Waals surface area contributed by atoms with E-state index in [0.29, 0.717) is 11.1 Å². The van der Waals surface area contributed by atoms with Crippen molar-refractivity contribution in [3.8, 4) is 17.2 Å². The summed E-state index contributed by atoms with van der Waals surface area (Å²) in [7, 11) is 2.74. The maximum absolute atomic E-state index is 13.7. The van der Waals surface area contributed by atoms with Crippen molar-refractivity contribution in [2.75, 3.05) is 14.2 Å². The van der Waals surface area contributed by atoms with E-state index in [1.54, 1.807) is 6.92 Å². The highest BCUT2D eigenvalue weighted by Crippen LogP contribution is 2.38. The molecular formula is C18H17FO5. The number of halogens is 1. The van der Waals surface area contributed by atoms with E-state index in [4.69, 9.17) is 9.47 Å². The number of phenols is 1. The molecule has 2 aromatic carbocycles. The third-order valence-electron chi connectivity index (χ3n) is 3.53. The number of carboxylic acids is 1. The molecule has 0 aromatic heterocycles. The Morgan fingerprint density at radius 3 is 2.17 bits per heavy atom. The van der Waals surface area contributed by atoms with Crippen molar-refractivity contribution < 1.29 is 28.9 Å². The molecule has 0 unspecified atom stereocenters. The fourth-order valence-electron chi connectivity index (χ4n) is 2.19. The maximum Gasteiger partial charge on any atom is 0.336 e. The van der Waals surface area contributed by atoms with Crippen LogP contribution in [0.1, 0.15) is 16.7 Å². The summed E-state index contributed by atoms with van der Waals surface area (Å²) in [6.45, 7) is 1.60. The number of hydrogen-bond acceptors (Lipinski definition) is 4. The van der Waals surface area contributed by atoms with Crippen molar-refractivity contribution in [3.05, 3.63) is 52.8 Å². The molecule has 2 aromatic rings. The number of methoxy groups -OCH3 is 2. The van der Waals surface area contributed by atoms with Gasteiger partial charge in [-0.25, -0.2) is 9.18 Å². The van der Waals surface area contributed by atoms with Crippen LogP contribution in [0.3, 0.4) is 0 Å². The number of aliphatic carboxylic acids is 1. The average Bonchev–Trinajstić information content (AvgIpc) is 2.56. The van der Waals surface area contributed by atoms with Gasteiger partial charge in [0.15, 0.2) is 11.5 Å². The van der Waals surface area contributed by atoms with Crippen LogP contribution in [-0.4, -0.2) is 30.4 Å². The largest absolute Gasteiger partial charge is 0.502 e. The van der Waals surface area contributed by atoms with Crippen LogP contribution in [0.2, 0.25) is 0 Å². The summed E-state index contributed by atoms with van der Waals surface area (Å²) in [5.74, 6) is -1.60. The molecule has 0 spiro atoms. The van der Waals surface area contributed by atoms with Gasteiger partial charge in [0.25, 0.3) is 0 Å². The molecule has 0 aliphatic heterocycles. The maximum atomic E-state index is 13.7. The van der Waals surface area contributed by atoms with E-state index < -0.39 is 11.8 Å². The summed E-state index contributed by atoms with van der Waals surface area (Å²) in [4.78, 5) is 11.6. The highest BCUT2D eigenvalue weighted by atomic mass is 19.1. The van der Waals surface area contributed by atoms with Gasteiger partial charge in [0.2, 0.25) is 5.75 Å². The van der Waals surface area contributed by atoms with Crippen molar-refractivity contribution in [2.45, 2.75) is 6.92 Å². The molecule has 24 heavy (non-hydrogen) atoms. The molecule has 0 saturated heterocycles. The summed E-state index contributed by atoms with van der Waals surface area (Å²) in [6, 6.07) is 7.15. The number of benzene rings is 2. The molecule has 0 fully saturated rings. The predicted molar refractivity (Wildman–Crippen MR) is 87.9 cm³/mol. The van der Waals surface area contributed by atoms with Gasteiger partial charge in [0.05, 0.1) is 19.8 Å². The summed E-state index contributed by atoms with van der Waals surface area (Å²) in [5, 5.41) is 19.4. The first-order chi connectivity index (χ1) is 11.4. The van der Waals surface area contributed by atoms with Gasteiger partial charge in [-0.1, -0.05) is 12.1 Å². The van der Waals surface area contributed by atoms with Crippen LogP contribution < -0.4 is 9.47 Å². The second kappa shape index (κ2) is 7.04. The zero-order valence-electron chi connectivity index (χ0n) is 13.5. The van der Waals surface area contributed by atoms with Gasteiger partial charge in [-0.3, -0.25) is 0 Å². The molecule has 2 N–H and O–H groups in total. The molecule has 0 bridgehead atoms. The molecule has 0 aliphatic carbocycles. The lowest BCUT2D eigenvalue weighted by Crippen LogP contribution is -2.01. The number of carboxylic acid groups (broad SMARTS) is 1. The fraction of sp³-hybridized carbons (Fsp3) is 0.167. The minimum absolute atomic E-state index is 0.0938. The lowest BCUT2D eigenvalue weighted by molar-refractivity contribution is -0.130. The van der Waals surface area contributed by atoms with Crippen LogP contribution in [0.25, 0.3) is 11.6 Å². The summed E-state index contributed by atoms with van der Waals surface area (Å²) in [6.07, 6.45) is 1.36. The number of aromatic hydroxyl groups is 1. The molecule has 0 amide bonds. The Hall–Kier alpha value is -3.02. The molecule has 6 heteroatoms. The Balaban J connectivity index is 2.59. The molecule has 0 aliphatic rings. The van der Waals surface area contributed by atoms with E-state index in [2.05, 4.69) is 0 Å². The summed E-state index contributed by atoms with van der Waals surface area (Å²) < 4.78 is 23.8. The van der Waals surface area contributed by atoms with E-state index in [1.165, 1.54) is 50.6 Å². The van der Waals surface area contributed by atoms with Crippen LogP contribution >= 0.6 is 0 Å². The molecule has 0 heterocycles. The zero-order valence-corrected chi connectivity index (χ0v) is 13.5. The average molecular weight is 332 g/mol. The summed E-state index contributed by atoms with van der Waals surface area (Å²) in [5.41, 5.74) is 0.997. The van der Waals surface area contributed by atoms with E-state index >= 15 is 0 Å². The Kier molecular flexibility index (Phi) is 5.08. The van der Waals surface area contributed by atoms with Crippen LogP contribution in [0.4, 0.5) is 4.39 Å². The Labute approximate surface area is 138 Å². The first kappa shape index (κ1) is 17.3. The quantitative estimate of drug-likeness (QED) is 0.647. The van der Waals surface area contributed by atoms with Gasteiger partial charge in [-0.2, -0.15) is 0 Å². The fourth-order valence-corrected chi connectivity index (χ4v) is 2.19. The lowest BCUT2D eigenvalue weighted by atomic mass is 10.0. The van der Waals surface area contributed by atoms with Crippen LogP contribution in [0.15, 0.2) is 30.3 Å². The topological polar surface area (TPSA) is 76.0 Å². The predicted octanol–water partition coefficient (Wildman–Crippen LogP) is 3.48. The van der Waals surface area contributed by atoms with Crippen LogP contribution in [0.5, 0.6) is 17.2 Å². The Morgan fingerprint density at radius 2 is 1.71 bits per heavy atom. The molecule has 2 rings (SSSR count). The molecule has 5 nitrogen and oxygen atoms in total. The van der Waals surface area contributed by atoms with E-state index in [0.717, 1.165) is 0 Å². The molecule has 126 valence electrons. The van der Waals surface area contributed by atoms with Gasteiger partial charge in [0.1, 0.15) is 5.82 Å². The van der Waals surface area contributed by atoms with Crippen LogP contribution in [0, 0.1) is 12.7 Å². The van der Waals surface area contributed by atoms with E-state index in [-0.39, 0.29) is 28.4 Å². The number of rotatable bonds is 5. The number of aryl methyl sites for hydroxylation is 1. The van der Waals surface area contributed by atoms with Gasteiger partial charge >= 0.3 is 5.97 Å². The standard InChI is InChI=1S/C18H17FO5/c1-10-4-5-12(9-14(10)19)13(18(21)22)6-11-7-15(23-2)17(20)16(8-11)24-3/h4-9,20H,1-3H3,(H,21,22)/b13-6-. The first-order valence-corrected chi connectivity index (χ1v) is 7.04. The molecule has 0 saturated carbocycles. The van der Waals surface area contributed by atoms with Crippen molar-refractivity contribution in [1.82, 2.24) is 0 Å². The minimum Gasteiger partial charge on any atom is -0.502 e. The first-order valence-electron chi connectivity index (χ1n) is 7.04. The number of ether oxygens (including phenoxy) is 2. The van der Waals surface area contributed by atoms with Crippen LogP contribution in [-0.2, 0) is 4.79 Å². The molecular weight excluding hydrogens is 315 g/mol. The van der Waals surface area contributed by atoms with Crippen molar-refractivity contribution >= 4 is 17.6 Å². The Bertz CT molecular complexity index is 786. The normalized spacial score (nSPS) is 11.2. The second-order valence-corrected chi connectivity index (χ2v) is 5.10. The number of hydrogen-bond donors (Lipinski definition) is 2. The molecule has 0 radical (unpaired) electrons. The van der Waals surface area contributed by atoms with Gasteiger partial charge < -0.3 is 19.7 Å². The number of carbonyl (C=O) groups is 1. The van der Waals surface area contributed by atoms with Gasteiger partial charge in [0, 0.05) is 0 Å². The Morgan fingerprint density at radius 1 is 1.12 bits per heavy atom. The third kappa shape index (κ3) is 3.48. The van der Waals surface area contributed by atoms with Crippen molar-refractivity contribution in [1.29, 1.82) is 0 Å². The number of phenolic OH excluding ortho intramolecular Hbond substituents is 1. The lowest BCUT2D eigenvalue weighted by Gasteiger charge is -2.10. The monoisotopic (exact) mass is 332 g/mol. The SMILES string of the molecule is COc1cc(/C=C(\C(=O)O)c2ccc(C)c(F)c2)cc(OC)c1O. The third-order valence-corrected chi connectivity index (χ3v) is 3.53. The highest BCUT2D eigenvalue weighted by Gasteiger charge is 2.15. The van der Waals surface area contributed by atoms with E-state index in [9.17, 15) is 19.4 Å². The molecule has 0 atom stereocenters. The van der Waals surface area contributed by atoms with Gasteiger partial charge in [-0.05, 0) is 47.9 Å². The summed E-state index contributed by atoms with van der Waals surface area (Å²) >= 11 is 0. The highest BCUT2D eigenvalue weighted by molar-refractivity contribution is 6.20. The van der Waals surface area contributed by atoms with E-state index in [1.807, 2.05) is 0 Å². The van der Waals surface area contributed by atoms with Crippen molar-refractivity contribution in [2.24, 2.45) is 0 Å². The minimum atomic E-state index is -1.20. The van der Waals surface area contributed by atoms with Gasteiger partial charge in [-0.15, -0.1) is 0 Å². The smallest absolute Gasteiger partial charge is 0.336 e.